The Morgan fingerprint density at radius 3 is 2.80 bits per heavy atom. The number of amides is 1. The third kappa shape index (κ3) is 1.59. The van der Waals surface area contributed by atoms with E-state index in [0.717, 1.165) is 23.0 Å². The quantitative estimate of drug-likeness (QED) is 0.694. The van der Waals surface area contributed by atoms with Gasteiger partial charge in [0.25, 0.3) is 0 Å². The first kappa shape index (κ1) is 7.79. The minimum absolute atomic E-state index is 0.139. The number of allylic oxidation sites excluding steroid dienone is 2. The van der Waals surface area contributed by atoms with E-state index >= 15 is 0 Å². The molecule has 0 fully saturated rings. The zero-order chi connectivity index (χ0) is 7.56. The fraction of sp³-hybridized carbons (Fsp3) is 0.571. The second kappa shape index (κ2) is 3.19. The topological polar surface area (TPSA) is 29.1 Å². The second-order valence-electron chi connectivity index (χ2n) is 2.29. The molecule has 3 heteroatoms. The lowest BCUT2D eigenvalue weighted by atomic mass is 10.1. The van der Waals surface area contributed by atoms with Crippen LogP contribution in [0.3, 0.4) is 0 Å². The van der Waals surface area contributed by atoms with Gasteiger partial charge in [-0.1, -0.05) is 22.9 Å². The smallest absolute Gasteiger partial charge is 0.224 e. The standard InChI is InChI=1S/C7H10BrNO/c1-2-6-5(8)3-4-7(10)9-6/h2-4H2,1H3,(H,9,10). The molecule has 0 aromatic carbocycles. The number of nitrogens with one attached hydrogen (secondary N) is 1. The van der Waals surface area contributed by atoms with Gasteiger partial charge in [-0.2, -0.15) is 0 Å². The van der Waals surface area contributed by atoms with E-state index < -0.39 is 0 Å². The van der Waals surface area contributed by atoms with Gasteiger partial charge >= 0.3 is 0 Å². The monoisotopic (exact) mass is 203 g/mol. The number of carbonyl (C=O) groups excluding carboxylic acids is 1. The van der Waals surface area contributed by atoms with Crippen LogP contribution in [0.1, 0.15) is 26.2 Å². The van der Waals surface area contributed by atoms with Crippen molar-refractivity contribution in [1.82, 2.24) is 5.32 Å². The first-order valence-electron chi connectivity index (χ1n) is 3.41. The van der Waals surface area contributed by atoms with E-state index in [0.29, 0.717) is 6.42 Å². The Hall–Kier alpha value is -0.310. The van der Waals surface area contributed by atoms with E-state index in [1.165, 1.54) is 0 Å². The summed E-state index contributed by atoms with van der Waals surface area (Å²) in [7, 11) is 0. The van der Waals surface area contributed by atoms with Crippen molar-refractivity contribution < 1.29 is 4.79 Å². The molecule has 1 rings (SSSR count). The van der Waals surface area contributed by atoms with Gasteiger partial charge in [0.05, 0.1) is 0 Å². The number of carbonyl (C=O) groups is 1. The van der Waals surface area contributed by atoms with Crippen molar-refractivity contribution in [2.24, 2.45) is 0 Å². The van der Waals surface area contributed by atoms with Gasteiger partial charge in [0.1, 0.15) is 0 Å². The van der Waals surface area contributed by atoms with Gasteiger partial charge in [0.2, 0.25) is 5.91 Å². The summed E-state index contributed by atoms with van der Waals surface area (Å²) in [6.07, 6.45) is 2.37. The maximum Gasteiger partial charge on any atom is 0.224 e. The molecule has 0 saturated heterocycles. The largest absolute Gasteiger partial charge is 0.329 e. The van der Waals surface area contributed by atoms with Gasteiger partial charge < -0.3 is 5.32 Å². The van der Waals surface area contributed by atoms with E-state index in [2.05, 4.69) is 21.2 Å². The van der Waals surface area contributed by atoms with Gasteiger partial charge in [-0.05, 0) is 12.8 Å². The third-order valence-corrected chi connectivity index (χ3v) is 2.42. The Balaban J connectivity index is 2.72. The van der Waals surface area contributed by atoms with Gasteiger partial charge in [0, 0.05) is 16.6 Å². The highest BCUT2D eigenvalue weighted by Gasteiger charge is 2.13. The highest BCUT2D eigenvalue weighted by atomic mass is 79.9. The lowest BCUT2D eigenvalue weighted by molar-refractivity contribution is -0.120. The average molecular weight is 204 g/mol. The van der Waals surface area contributed by atoms with Crippen molar-refractivity contribution in [3.05, 3.63) is 10.2 Å². The van der Waals surface area contributed by atoms with Crippen molar-refractivity contribution in [1.29, 1.82) is 0 Å². The zero-order valence-corrected chi connectivity index (χ0v) is 7.49. The molecule has 0 saturated carbocycles. The van der Waals surface area contributed by atoms with Crippen molar-refractivity contribution in [3.63, 3.8) is 0 Å². The van der Waals surface area contributed by atoms with Crippen LogP contribution in [0.25, 0.3) is 0 Å². The minimum atomic E-state index is 0.139. The molecule has 2 nitrogen and oxygen atoms in total. The van der Waals surface area contributed by atoms with Crippen LogP contribution in [-0.4, -0.2) is 5.91 Å². The van der Waals surface area contributed by atoms with Crippen molar-refractivity contribution in [2.75, 3.05) is 0 Å². The summed E-state index contributed by atoms with van der Waals surface area (Å²) in [6.45, 7) is 2.03. The third-order valence-electron chi connectivity index (χ3n) is 1.54. The molecule has 10 heavy (non-hydrogen) atoms. The van der Waals surface area contributed by atoms with E-state index in [-0.39, 0.29) is 5.91 Å². The first-order valence-corrected chi connectivity index (χ1v) is 4.20. The molecule has 0 aromatic heterocycles. The number of hydrogen-bond acceptors (Lipinski definition) is 1. The maximum atomic E-state index is 10.8. The fourth-order valence-corrected chi connectivity index (χ4v) is 1.53. The summed E-state index contributed by atoms with van der Waals surface area (Å²) in [5.74, 6) is 0.139. The highest BCUT2D eigenvalue weighted by molar-refractivity contribution is 9.11. The van der Waals surface area contributed by atoms with Crippen LogP contribution >= 0.6 is 15.9 Å². The molecule has 1 aliphatic heterocycles. The molecular weight excluding hydrogens is 194 g/mol. The van der Waals surface area contributed by atoms with Crippen LogP contribution in [0.4, 0.5) is 0 Å². The van der Waals surface area contributed by atoms with E-state index in [9.17, 15) is 4.79 Å². The molecule has 0 bridgehead atoms. The Bertz CT molecular complexity index is 186. The summed E-state index contributed by atoms with van der Waals surface area (Å²) in [5, 5.41) is 2.81. The zero-order valence-electron chi connectivity index (χ0n) is 5.91. The van der Waals surface area contributed by atoms with Gasteiger partial charge in [-0.25, -0.2) is 0 Å². The van der Waals surface area contributed by atoms with E-state index in [1.807, 2.05) is 6.92 Å². The van der Waals surface area contributed by atoms with E-state index in [1.54, 1.807) is 0 Å². The minimum Gasteiger partial charge on any atom is -0.329 e. The molecule has 0 aliphatic carbocycles. The fourth-order valence-electron chi connectivity index (χ4n) is 0.953. The summed E-state index contributed by atoms with van der Waals surface area (Å²) in [5.41, 5.74) is 1.04. The molecule has 0 atom stereocenters. The molecule has 1 N–H and O–H groups in total. The first-order chi connectivity index (χ1) is 4.74. The van der Waals surface area contributed by atoms with Crippen LogP contribution in [0.5, 0.6) is 0 Å². The van der Waals surface area contributed by atoms with E-state index in [4.69, 9.17) is 0 Å². The molecule has 1 amide bonds. The lowest BCUT2D eigenvalue weighted by Gasteiger charge is -2.15. The van der Waals surface area contributed by atoms with Gasteiger partial charge in [-0.3, -0.25) is 4.79 Å². The van der Waals surface area contributed by atoms with Crippen molar-refractivity contribution in [2.45, 2.75) is 26.2 Å². The number of hydrogen-bond donors (Lipinski definition) is 1. The molecule has 0 radical (unpaired) electrons. The number of halogens is 1. The Morgan fingerprint density at radius 1 is 1.60 bits per heavy atom. The molecule has 0 aromatic rings. The lowest BCUT2D eigenvalue weighted by Crippen LogP contribution is -2.26. The maximum absolute atomic E-state index is 10.8. The van der Waals surface area contributed by atoms with Crippen LogP contribution in [-0.2, 0) is 4.79 Å². The predicted octanol–water partition coefficient (Wildman–Crippen LogP) is 1.91. The van der Waals surface area contributed by atoms with Crippen LogP contribution in [0.15, 0.2) is 10.2 Å². The van der Waals surface area contributed by atoms with Crippen LogP contribution in [0, 0.1) is 0 Å². The highest BCUT2D eigenvalue weighted by Crippen LogP contribution is 2.22. The molecular formula is C7H10BrNO. The SMILES string of the molecule is CCC1=C(Br)CCC(=O)N1. The molecule has 56 valence electrons. The van der Waals surface area contributed by atoms with Gasteiger partial charge in [0.15, 0.2) is 0 Å². The molecule has 1 heterocycles. The normalized spacial score (nSPS) is 19.2. The summed E-state index contributed by atoms with van der Waals surface area (Å²) in [6, 6.07) is 0. The van der Waals surface area contributed by atoms with Crippen molar-refractivity contribution in [3.8, 4) is 0 Å². The Kier molecular flexibility index (Phi) is 2.49. The Labute approximate surface area is 68.8 Å². The molecule has 0 unspecified atom stereocenters. The van der Waals surface area contributed by atoms with Crippen LogP contribution < -0.4 is 5.32 Å². The number of rotatable bonds is 1. The summed E-state index contributed by atoms with van der Waals surface area (Å²) >= 11 is 3.41. The molecule has 1 aliphatic rings. The second-order valence-corrected chi connectivity index (χ2v) is 3.24. The van der Waals surface area contributed by atoms with Crippen LogP contribution in [0.2, 0.25) is 0 Å². The van der Waals surface area contributed by atoms with Crippen molar-refractivity contribution >= 4 is 21.8 Å². The predicted molar refractivity (Wildman–Crippen MR) is 43.6 cm³/mol. The summed E-state index contributed by atoms with van der Waals surface area (Å²) < 4.78 is 1.15. The average Bonchev–Trinajstić information content (AvgIpc) is 1.94. The van der Waals surface area contributed by atoms with Gasteiger partial charge in [-0.15, -0.1) is 0 Å². The molecule has 0 spiro atoms. The summed E-state index contributed by atoms with van der Waals surface area (Å²) in [4.78, 5) is 10.8. The Morgan fingerprint density at radius 2 is 2.30 bits per heavy atom.